The standard InChI is InChI=1S/C24H21N3O5S/c28-23-22-21(15-16-26(22)33(30,31)20-9-5-2-6-10-20)25-24(29)27(23)17-11-13-19(14-12-17)32-18-7-3-1-4-8-18/h1-14,21-22H,15-16H2,(H,25,29)/t21-,22+/m1/s1. The van der Waals surface area contributed by atoms with E-state index in [1.54, 1.807) is 42.5 Å². The van der Waals surface area contributed by atoms with Crippen LogP contribution in [0.4, 0.5) is 10.5 Å². The van der Waals surface area contributed by atoms with Crippen LogP contribution >= 0.6 is 0 Å². The number of nitrogens with zero attached hydrogens (tertiary/aromatic N) is 2. The zero-order valence-electron chi connectivity index (χ0n) is 17.5. The molecule has 0 radical (unpaired) electrons. The number of amides is 3. The fourth-order valence-electron chi connectivity index (χ4n) is 4.20. The molecule has 2 aliphatic rings. The Labute approximate surface area is 191 Å². The Kier molecular flexibility index (Phi) is 5.35. The van der Waals surface area contributed by atoms with E-state index in [0.29, 0.717) is 23.6 Å². The predicted molar refractivity (Wildman–Crippen MR) is 122 cm³/mol. The van der Waals surface area contributed by atoms with Crippen molar-refractivity contribution in [2.75, 3.05) is 11.4 Å². The van der Waals surface area contributed by atoms with Gasteiger partial charge in [0.25, 0.3) is 5.91 Å². The molecule has 168 valence electrons. The van der Waals surface area contributed by atoms with Crippen LogP contribution in [0.1, 0.15) is 6.42 Å². The van der Waals surface area contributed by atoms with Crippen molar-refractivity contribution >= 4 is 27.6 Å². The topological polar surface area (TPSA) is 96.0 Å². The molecule has 2 fully saturated rings. The third kappa shape index (κ3) is 3.85. The number of nitrogens with one attached hydrogen (secondary N) is 1. The smallest absolute Gasteiger partial charge is 0.329 e. The first kappa shape index (κ1) is 21.2. The molecule has 9 heteroatoms. The summed E-state index contributed by atoms with van der Waals surface area (Å²) in [4.78, 5) is 27.3. The number of imide groups is 1. The Bertz CT molecular complexity index is 1280. The van der Waals surface area contributed by atoms with E-state index in [2.05, 4.69) is 5.32 Å². The first-order chi connectivity index (χ1) is 15.9. The van der Waals surface area contributed by atoms with Crippen LogP contribution in [0.5, 0.6) is 11.5 Å². The molecule has 2 heterocycles. The molecule has 3 aromatic carbocycles. The highest BCUT2D eigenvalue weighted by molar-refractivity contribution is 7.89. The summed E-state index contributed by atoms with van der Waals surface area (Å²) in [6.07, 6.45) is 0.367. The average Bonchev–Trinajstić information content (AvgIpc) is 3.26. The van der Waals surface area contributed by atoms with Crippen LogP contribution in [-0.4, -0.2) is 43.3 Å². The predicted octanol–water partition coefficient (Wildman–Crippen LogP) is 3.37. The number of benzene rings is 3. The van der Waals surface area contributed by atoms with Crippen molar-refractivity contribution in [1.29, 1.82) is 0 Å². The largest absolute Gasteiger partial charge is 0.457 e. The van der Waals surface area contributed by atoms with Gasteiger partial charge >= 0.3 is 6.03 Å². The second-order valence-corrected chi connectivity index (χ2v) is 9.69. The molecule has 0 unspecified atom stereocenters. The molecule has 3 aromatic rings. The van der Waals surface area contributed by atoms with E-state index in [4.69, 9.17) is 4.74 Å². The van der Waals surface area contributed by atoms with Gasteiger partial charge in [-0.1, -0.05) is 36.4 Å². The number of ether oxygens (including phenoxy) is 1. The van der Waals surface area contributed by atoms with Gasteiger partial charge in [0.1, 0.15) is 17.5 Å². The maximum absolute atomic E-state index is 13.4. The van der Waals surface area contributed by atoms with Gasteiger partial charge in [0.15, 0.2) is 0 Å². The van der Waals surface area contributed by atoms with Gasteiger partial charge in [0, 0.05) is 6.54 Å². The summed E-state index contributed by atoms with van der Waals surface area (Å²) in [6, 6.07) is 21.6. The van der Waals surface area contributed by atoms with Crippen molar-refractivity contribution in [3.8, 4) is 11.5 Å². The molecule has 0 spiro atoms. The van der Waals surface area contributed by atoms with E-state index < -0.39 is 34.0 Å². The molecule has 3 amide bonds. The van der Waals surface area contributed by atoms with Crippen LogP contribution in [0.2, 0.25) is 0 Å². The van der Waals surface area contributed by atoms with Crippen LogP contribution in [0.15, 0.2) is 89.8 Å². The number of carbonyl (C=O) groups excluding carboxylic acids is 2. The SMILES string of the molecule is O=C1N[C@@H]2CCN(S(=O)(=O)c3ccccc3)[C@@H]2C(=O)N1c1ccc(Oc2ccccc2)cc1. The normalized spacial score (nSPS) is 20.9. The van der Waals surface area contributed by atoms with Gasteiger partial charge in [0.2, 0.25) is 10.0 Å². The second-order valence-electron chi connectivity index (χ2n) is 7.80. The van der Waals surface area contributed by atoms with Crippen molar-refractivity contribution in [3.63, 3.8) is 0 Å². The van der Waals surface area contributed by atoms with Crippen LogP contribution < -0.4 is 15.0 Å². The summed E-state index contributed by atoms with van der Waals surface area (Å²) in [7, 11) is -3.89. The summed E-state index contributed by atoms with van der Waals surface area (Å²) < 4.78 is 33.4. The van der Waals surface area contributed by atoms with E-state index in [1.165, 1.54) is 16.4 Å². The van der Waals surface area contributed by atoms with Crippen LogP contribution in [-0.2, 0) is 14.8 Å². The molecular weight excluding hydrogens is 442 g/mol. The number of carbonyl (C=O) groups is 2. The van der Waals surface area contributed by atoms with Crippen LogP contribution in [0.3, 0.4) is 0 Å². The number of rotatable bonds is 5. The Hall–Kier alpha value is -3.69. The van der Waals surface area contributed by atoms with Crippen molar-refractivity contribution in [2.24, 2.45) is 0 Å². The molecule has 2 atom stereocenters. The van der Waals surface area contributed by atoms with Crippen molar-refractivity contribution in [1.82, 2.24) is 9.62 Å². The van der Waals surface area contributed by atoms with Gasteiger partial charge in [0.05, 0.1) is 16.6 Å². The number of hydrogen-bond acceptors (Lipinski definition) is 5. The minimum Gasteiger partial charge on any atom is -0.457 e. The molecule has 2 aliphatic heterocycles. The molecule has 8 nitrogen and oxygen atoms in total. The lowest BCUT2D eigenvalue weighted by Crippen LogP contribution is -2.64. The third-order valence-corrected chi connectivity index (χ3v) is 7.66. The minimum absolute atomic E-state index is 0.115. The van der Waals surface area contributed by atoms with Crippen molar-refractivity contribution < 1.29 is 22.7 Å². The molecule has 5 rings (SSSR count). The molecule has 0 saturated carbocycles. The highest BCUT2D eigenvalue weighted by Crippen LogP contribution is 2.33. The zero-order valence-corrected chi connectivity index (χ0v) is 18.3. The quantitative estimate of drug-likeness (QED) is 0.626. The number of fused-ring (bicyclic) bond motifs is 1. The fraction of sp³-hybridized carbons (Fsp3) is 0.167. The lowest BCUT2D eigenvalue weighted by Gasteiger charge is -2.36. The monoisotopic (exact) mass is 463 g/mol. The number of para-hydroxylation sites is 1. The Morgan fingerprint density at radius 2 is 1.42 bits per heavy atom. The van der Waals surface area contributed by atoms with Gasteiger partial charge in [-0.3, -0.25) is 4.79 Å². The Morgan fingerprint density at radius 1 is 0.818 bits per heavy atom. The lowest BCUT2D eigenvalue weighted by atomic mass is 10.1. The van der Waals surface area contributed by atoms with Gasteiger partial charge in [-0.2, -0.15) is 4.31 Å². The van der Waals surface area contributed by atoms with Gasteiger partial charge in [-0.15, -0.1) is 0 Å². The summed E-state index contributed by atoms with van der Waals surface area (Å²) in [6.45, 7) is 0.149. The molecule has 2 saturated heterocycles. The Balaban J connectivity index is 1.41. The van der Waals surface area contributed by atoms with Gasteiger partial charge < -0.3 is 10.1 Å². The molecule has 0 aromatic heterocycles. The summed E-state index contributed by atoms with van der Waals surface area (Å²) >= 11 is 0. The number of urea groups is 1. The third-order valence-electron chi connectivity index (χ3n) is 5.76. The van der Waals surface area contributed by atoms with E-state index in [0.717, 1.165) is 4.90 Å². The fourth-order valence-corrected chi connectivity index (χ4v) is 5.85. The van der Waals surface area contributed by atoms with E-state index in [-0.39, 0.29) is 11.4 Å². The highest BCUT2D eigenvalue weighted by atomic mass is 32.2. The second kappa shape index (κ2) is 8.34. The zero-order chi connectivity index (χ0) is 23.0. The van der Waals surface area contributed by atoms with E-state index >= 15 is 0 Å². The van der Waals surface area contributed by atoms with Crippen molar-refractivity contribution in [2.45, 2.75) is 23.4 Å². The molecule has 1 N–H and O–H groups in total. The first-order valence-corrected chi connectivity index (χ1v) is 11.9. The first-order valence-electron chi connectivity index (χ1n) is 10.5. The minimum atomic E-state index is -3.89. The van der Waals surface area contributed by atoms with E-state index in [1.807, 2.05) is 30.3 Å². The van der Waals surface area contributed by atoms with Crippen LogP contribution in [0.25, 0.3) is 0 Å². The van der Waals surface area contributed by atoms with Gasteiger partial charge in [-0.05, 0) is 55.0 Å². The highest BCUT2D eigenvalue weighted by Gasteiger charge is 2.52. The number of sulfonamides is 1. The molecule has 0 bridgehead atoms. The average molecular weight is 464 g/mol. The number of hydrogen-bond donors (Lipinski definition) is 1. The molecule has 33 heavy (non-hydrogen) atoms. The van der Waals surface area contributed by atoms with Crippen molar-refractivity contribution in [3.05, 3.63) is 84.9 Å². The number of anilines is 1. The van der Waals surface area contributed by atoms with Crippen LogP contribution in [0, 0.1) is 0 Å². The maximum Gasteiger partial charge on any atom is 0.329 e. The van der Waals surface area contributed by atoms with E-state index in [9.17, 15) is 18.0 Å². The summed E-state index contributed by atoms with van der Waals surface area (Å²) in [5, 5.41) is 2.79. The molecular formula is C24H21N3O5S. The summed E-state index contributed by atoms with van der Waals surface area (Å²) in [5.41, 5.74) is 0.334. The maximum atomic E-state index is 13.4. The van der Waals surface area contributed by atoms with Gasteiger partial charge in [-0.25, -0.2) is 18.1 Å². The lowest BCUT2D eigenvalue weighted by molar-refractivity contribution is -0.122. The summed E-state index contributed by atoms with van der Waals surface area (Å²) in [5.74, 6) is 0.631. The molecule has 0 aliphatic carbocycles. The Morgan fingerprint density at radius 3 is 2.09 bits per heavy atom.